The molecule has 0 saturated carbocycles. The summed E-state index contributed by atoms with van der Waals surface area (Å²) in [7, 11) is 5.89. The number of aromatic nitrogens is 2. The molecule has 2 aromatic carbocycles. The van der Waals surface area contributed by atoms with E-state index in [0.717, 1.165) is 49.1 Å². The highest BCUT2D eigenvalue weighted by Crippen LogP contribution is 2.36. The van der Waals surface area contributed by atoms with Crippen LogP contribution < -0.4 is 21.1 Å². The van der Waals surface area contributed by atoms with Crippen LogP contribution in [0.3, 0.4) is 0 Å². The zero-order chi connectivity index (χ0) is 21.3. The number of fused-ring (bicyclic) bond motifs is 1. The van der Waals surface area contributed by atoms with Crippen molar-refractivity contribution in [1.82, 2.24) is 14.9 Å². The molecule has 1 aliphatic rings. The molecule has 158 valence electrons. The van der Waals surface area contributed by atoms with E-state index in [0.29, 0.717) is 11.7 Å². The fraction of sp³-hybridized carbons (Fsp3) is 0.391. The van der Waals surface area contributed by atoms with Crippen molar-refractivity contribution in [2.24, 2.45) is 0 Å². The van der Waals surface area contributed by atoms with Crippen LogP contribution in [0.5, 0.6) is 5.75 Å². The number of anilines is 3. The van der Waals surface area contributed by atoms with Gasteiger partial charge in [0.05, 0.1) is 12.6 Å². The number of likely N-dealkylation sites (tertiary alicyclic amines) is 1. The molecule has 30 heavy (non-hydrogen) atoms. The fourth-order valence-electron chi connectivity index (χ4n) is 4.55. The third-order valence-corrected chi connectivity index (χ3v) is 6.02. The Morgan fingerprint density at radius 3 is 2.50 bits per heavy atom. The number of nitrogen functional groups attached to an aromatic ring is 2. The van der Waals surface area contributed by atoms with E-state index in [4.69, 9.17) is 16.2 Å². The van der Waals surface area contributed by atoms with Gasteiger partial charge in [-0.2, -0.15) is 4.98 Å². The average molecular weight is 407 g/mol. The molecule has 1 saturated heterocycles. The van der Waals surface area contributed by atoms with Gasteiger partial charge in [-0.1, -0.05) is 18.2 Å². The maximum absolute atomic E-state index is 6.21. The van der Waals surface area contributed by atoms with E-state index < -0.39 is 0 Å². The normalized spacial score (nSPS) is 15.4. The highest BCUT2D eigenvalue weighted by Gasteiger charge is 2.25. The second-order valence-electron chi connectivity index (χ2n) is 8.11. The summed E-state index contributed by atoms with van der Waals surface area (Å²) >= 11 is 0. The molecule has 7 nitrogen and oxygen atoms in total. The lowest BCUT2D eigenvalue weighted by molar-refractivity contribution is 0.203. The van der Waals surface area contributed by atoms with Crippen molar-refractivity contribution < 1.29 is 4.74 Å². The summed E-state index contributed by atoms with van der Waals surface area (Å²) in [6.07, 6.45) is 2.13. The van der Waals surface area contributed by atoms with Crippen LogP contribution in [0.25, 0.3) is 10.9 Å². The molecule has 0 unspecified atom stereocenters. The lowest BCUT2D eigenvalue weighted by Crippen LogP contribution is -2.33. The highest BCUT2D eigenvalue weighted by atomic mass is 16.5. The van der Waals surface area contributed by atoms with Gasteiger partial charge in [-0.3, -0.25) is 4.90 Å². The van der Waals surface area contributed by atoms with Crippen LogP contribution in [0.15, 0.2) is 36.4 Å². The zero-order valence-corrected chi connectivity index (χ0v) is 17.9. The Bertz CT molecular complexity index is 1040. The first kappa shape index (κ1) is 20.2. The molecule has 1 aromatic heterocycles. The number of piperidine rings is 1. The molecule has 3 aromatic rings. The molecule has 0 aliphatic carbocycles. The van der Waals surface area contributed by atoms with Crippen LogP contribution in [-0.2, 0) is 6.54 Å². The molecule has 0 bridgehead atoms. The minimum absolute atomic E-state index is 0.223. The molecule has 1 aliphatic heterocycles. The van der Waals surface area contributed by atoms with Gasteiger partial charge in [0.1, 0.15) is 11.6 Å². The minimum atomic E-state index is 0.223. The van der Waals surface area contributed by atoms with E-state index in [2.05, 4.69) is 46.0 Å². The summed E-state index contributed by atoms with van der Waals surface area (Å²) < 4.78 is 5.65. The third kappa shape index (κ3) is 3.85. The molecule has 2 heterocycles. The molecule has 1 fully saturated rings. The zero-order valence-electron chi connectivity index (χ0n) is 17.9. The summed E-state index contributed by atoms with van der Waals surface area (Å²) in [5.74, 6) is 2.08. The second-order valence-corrected chi connectivity index (χ2v) is 8.11. The van der Waals surface area contributed by atoms with Crippen LogP contribution in [-0.4, -0.2) is 49.2 Å². The van der Waals surface area contributed by atoms with E-state index in [9.17, 15) is 0 Å². The Morgan fingerprint density at radius 2 is 1.80 bits per heavy atom. The summed E-state index contributed by atoms with van der Waals surface area (Å²) in [6.45, 7) is 2.91. The van der Waals surface area contributed by atoms with Crippen LogP contribution in [0.1, 0.15) is 29.9 Å². The molecule has 4 rings (SSSR count). The van der Waals surface area contributed by atoms with E-state index in [1.54, 1.807) is 7.11 Å². The fourth-order valence-corrected chi connectivity index (χ4v) is 4.55. The van der Waals surface area contributed by atoms with Gasteiger partial charge in [0.15, 0.2) is 0 Å². The number of methoxy groups -OCH3 is 1. The maximum atomic E-state index is 6.21. The molecule has 0 spiro atoms. The minimum Gasteiger partial charge on any atom is -0.496 e. The van der Waals surface area contributed by atoms with Gasteiger partial charge in [0, 0.05) is 37.3 Å². The molecular weight excluding hydrogens is 376 g/mol. The van der Waals surface area contributed by atoms with Gasteiger partial charge < -0.3 is 21.1 Å². The topological polar surface area (TPSA) is 93.5 Å². The van der Waals surface area contributed by atoms with Crippen LogP contribution >= 0.6 is 0 Å². The largest absolute Gasteiger partial charge is 0.496 e. The predicted octanol–water partition coefficient (Wildman–Crippen LogP) is 3.25. The van der Waals surface area contributed by atoms with Crippen molar-refractivity contribution in [3.05, 3.63) is 47.5 Å². The van der Waals surface area contributed by atoms with Crippen molar-refractivity contribution >= 4 is 28.4 Å². The van der Waals surface area contributed by atoms with Crippen molar-refractivity contribution in [3.8, 4) is 5.75 Å². The number of nitrogens with two attached hydrogens (primary N) is 2. The van der Waals surface area contributed by atoms with Gasteiger partial charge in [-0.25, -0.2) is 4.98 Å². The standard InChI is InChI=1S/C23H30N6O/c1-28(2)19-8-5-9-20(30-3)17(19)14-29-12-10-15(11-13-29)16-6-4-7-18-21(16)22(24)27-23(25)26-18/h4-9,15H,10-14H2,1-3H3,(H4,24,25,26,27). The number of nitrogens with zero attached hydrogens (tertiary/aromatic N) is 4. The third-order valence-electron chi connectivity index (χ3n) is 6.02. The van der Waals surface area contributed by atoms with Crippen molar-refractivity contribution in [3.63, 3.8) is 0 Å². The number of hydrogen-bond acceptors (Lipinski definition) is 7. The molecule has 7 heteroatoms. The van der Waals surface area contributed by atoms with E-state index in [1.165, 1.54) is 16.8 Å². The Hall–Kier alpha value is -3.06. The first-order valence-corrected chi connectivity index (χ1v) is 10.3. The number of rotatable bonds is 5. The van der Waals surface area contributed by atoms with Crippen molar-refractivity contribution in [2.75, 3.05) is 50.7 Å². The van der Waals surface area contributed by atoms with Gasteiger partial charge in [-0.15, -0.1) is 0 Å². The summed E-state index contributed by atoms with van der Waals surface area (Å²) in [6, 6.07) is 12.4. The first-order valence-electron chi connectivity index (χ1n) is 10.3. The average Bonchev–Trinajstić information content (AvgIpc) is 2.73. The van der Waals surface area contributed by atoms with E-state index in [-0.39, 0.29) is 5.95 Å². The Labute approximate surface area is 177 Å². The van der Waals surface area contributed by atoms with E-state index in [1.807, 2.05) is 24.3 Å². The molecule has 4 N–H and O–H groups in total. The first-order chi connectivity index (χ1) is 14.5. The van der Waals surface area contributed by atoms with Crippen LogP contribution in [0.4, 0.5) is 17.5 Å². The predicted molar refractivity (Wildman–Crippen MR) is 123 cm³/mol. The summed E-state index contributed by atoms with van der Waals surface area (Å²) in [4.78, 5) is 13.2. The SMILES string of the molecule is COc1cccc(N(C)C)c1CN1CCC(c2cccc3nc(N)nc(N)c23)CC1. The number of hydrogen-bond donors (Lipinski definition) is 2. The van der Waals surface area contributed by atoms with E-state index >= 15 is 0 Å². The summed E-state index contributed by atoms with van der Waals surface area (Å²) in [5, 5.41) is 0.949. The van der Waals surface area contributed by atoms with Gasteiger partial charge >= 0.3 is 0 Å². The number of benzene rings is 2. The lowest BCUT2D eigenvalue weighted by Gasteiger charge is -2.34. The smallest absolute Gasteiger partial charge is 0.222 e. The van der Waals surface area contributed by atoms with Crippen LogP contribution in [0, 0.1) is 0 Å². The Morgan fingerprint density at radius 1 is 1.07 bits per heavy atom. The molecule has 0 amide bonds. The summed E-state index contributed by atoms with van der Waals surface area (Å²) in [5.41, 5.74) is 16.5. The van der Waals surface area contributed by atoms with Gasteiger partial charge in [0.25, 0.3) is 0 Å². The van der Waals surface area contributed by atoms with Gasteiger partial charge in [0.2, 0.25) is 5.95 Å². The Kier molecular flexibility index (Phi) is 5.63. The lowest BCUT2D eigenvalue weighted by atomic mass is 9.87. The number of ether oxygens (including phenoxy) is 1. The Balaban J connectivity index is 1.53. The molecular formula is C23H30N6O. The van der Waals surface area contributed by atoms with Crippen molar-refractivity contribution in [2.45, 2.75) is 25.3 Å². The van der Waals surface area contributed by atoms with Gasteiger partial charge in [-0.05, 0) is 55.6 Å². The highest BCUT2D eigenvalue weighted by molar-refractivity contribution is 5.92. The van der Waals surface area contributed by atoms with Crippen LogP contribution in [0.2, 0.25) is 0 Å². The maximum Gasteiger partial charge on any atom is 0.222 e. The van der Waals surface area contributed by atoms with Crippen molar-refractivity contribution in [1.29, 1.82) is 0 Å². The molecule has 0 radical (unpaired) electrons. The second kappa shape index (κ2) is 8.36. The monoisotopic (exact) mass is 406 g/mol. The molecule has 0 atom stereocenters. The quantitative estimate of drug-likeness (QED) is 0.672.